The number of pyridine rings is 1. The fourth-order valence-corrected chi connectivity index (χ4v) is 2.07. The molecule has 4 nitrogen and oxygen atoms in total. The molecule has 0 bridgehead atoms. The van der Waals surface area contributed by atoms with E-state index in [-0.39, 0.29) is 11.8 Å². The Morgan fingerprint density at radius 2 is 2.10 bits per heavy atom. The molecule has 1 heterocycles. The van der Waals surface area contributed by atoms with Crippen LogP contribution in [0.3, 0.4) is 0 Å². The molecule has 0 fully saturated rings. The first kappa shape index (κ1) is 14.5. The van der Waals surface area contributed by atoms with Crippen LogP contribution in [0, 0.1) is 5.92 Å². The molecule has 1 aromatic heterocycles. The van der Waals surface area contributed by atoms with Crippen molar-refractivity contribution in [1.82, 2.24) is 10.3 Å². The van der Waals surface area contributed by atoms with Crippen LogP contribution in [-0.2, 0) is 11.3 Å². The normalized spacial score (nSPS) is 12.6. The van der Waals surface area contributed by atoms with Gasteiger partial charge < -0.3 is 10.4 Å². The van der Waals surface area contributed by atoms with Gasteiger partial charge >= 0.3 is 0 Å². The molecule has 0 saturated carbocycles. The van der Waals surface area contributed by atoms with Gasteiger partial charge in [0.15, 0.2) is 0 Å². The minimum absolute atomic E-state index is 0.290. The van der Waals surface area contributed by atoms with Crippen molar-refractivity contribution in [2.45, 2.75) is 32.9 Å². The van der Waals surface area contributed by atoms with E-state index in [4.69, 9.17) is 0 Å². The van der Waals surface area contributed by atoms with Gasteiger partial charge in [-0.3, -0.25) is 9.78 Å². The van der Waals surface area contributed by atoms with Crippen LogP contribution in [0.4, 0.5) is 0 Å². The average molecular weight is 272 g/mol. The Morgan fingerprint density at radius 1 is 1.35 bits per heavy atom. The van der Waals surface area contributed by atoms with E-state index in [2.05, 4.69) is 10.3 Å². The largest absolute Gasteiger partial charge is 0.383 e. The predicted molar refractivity (Wildman–Crippen MR) is 79.1 cm³/mol. The number of fused-ring (bicyclic) bond motifs is 1. The number of aromatic nitrogens is 1. The van der Waals surface area contributed by atoms with Gasteiger partial charge in [0, 0.05) is 18.1 Å². The highest BCUT2D eigenvalue weighted by atomic mass is 16.3. The second kappa shape index (κ2) is 6.48. The lowest BCUT2D eigenvalue weighted by molar-refractivity contribution is -0.130. The van der Waals surface area contributed by atoms with Gasteiger partial charge in [-0.25, -0.2) is 0 Å². The van der Waals surface area contributed by atoms with Gasteiger partial charge in [-0.05, 0) is 30.0 Å². The van der Waals surface area contributed by atoms with Crippen molar-refractivity contribution < 1.29 is 9.90 Å². The fraction of sp³-hybridized carbons (Fsp3) is 0.375. The van der Waals surface area contributed by atoms with Crippen molar-refractivity contribution in [1.29, 1.82) is 0 Å². The smallest absolute Gasteiger partial charge is 0.249 e. The first-order chi connectivity index (χ1) is 9.56. The van der Waals surface area contributed by atoms with Gasteiger partial charge in [-0.1, -0.05) is 32.0 Å². The number of amides is 1. The van der Waals surface area contributed by atoms with Crippen LogP contribution in [0.2, 0.25) is 0 Å². The van der Waals surface area contributed by atoms with Crippen molar-refractivity contribution in [3.8, 4) is 0 Å². The number of benzene rings is 1. The summed E-state index contributed by atoms with van der Waals surface area (Å²) in [5.74, 6) is -0.0371. The molecule has 0 saturated heterocycles. The number of hydrogen-bond donors (Lipinski definition) is 2. The topological polar surface area (TPSA) is 62.2 Å². The van der Waals surface area contributed by atoms with Gasteiger partial charge in [-0.2, -0.15) is 0 Å². The standard InChI is InChI=1S/C16H20N2O2/c1-11(2)7-15(19)16(20)18-10-12-8-13-5-3-4-6-14(13)17-9-12/h3-6,8-9,11,15,19H,7,10H2,1-2H3,(H,18,20)/t15-/m1/s1. The van der Waals surface area contributed by atoms with Crippen molar-refractivity contribution in [2.24, 2.45) is 5.92 Å². The van der Waals surface area contributed by atoms with Gasteiger partial charge in [-0.15, -0.1) is 0 Å². The van der Waals surface area contributed by atoms with Gasteiger partial charge in [0.05, 0.1) is 5.52 Å². The third kappa shape index (κ3) is 3.78. The van der Waals surface area contributed by atoms with Crippen molar-refractivity contribution >= 4 is 16.8 Å². The van der Waals surface area contributed by atoms with Gasteiger partial charge in [0.1, 0.15) is 6.10 Å². The molecule has 0 spiro atoms. The summed E-state index contributed by atoms with van der Waals surface area (Å²) in [6.45, 7) is 4.33. The number of carbonyl (C=O) groups excluding carboxylic acids is 1. The molecule has 1 aromatic carbocycles. The SMILES string of the molecule is CC(C)C[C@@H](O)C(=O)NCc1cnc2ccccc2c1. The minimum Gasteiger partial charge on any atom is -0.383 e. The second-order valence-electron chi connectivity index (χ2n) is 5.40. The number of nitrogens with zero attached hydrogens (tertiary/aromatic N) is 1. The average Bonchev–Trinajstić information content (AvgIpc) is 2.43. The van der Waals surface area contributed by atoms with E-state index in [1.807, 2.05) is 44.2 Å². The van der Waals surface area contributed by atoms with E-state index >= 15 is 0 Å². The minimum atomic E-state index is -0.941. The highest BCUT2D eigenvalue weighted by Crippen LogP contribution is 2.12. The Balaban J connectivity index is 1.97. The molecule has 0 radical (unpaired) electrons. The van der Waals surface area contributed by atoms with Crippen molar-refractivity contribution in [3.05, 3.63) is 42.1 Å². The predicted octanol–water partition coefficient (Wildman–Crippen LogP) is 2.26. The summed E-state index contributed by atoms with van der Waals surface area (Å²) in [7, 11) is 0. The number of rotatable bonds is 5. The summed E-state index contributed by atoms with van der Waals surface area (Å²) in [5, 5.41) is 13.5. The van der Waals surface area contributed by atoms with Crippen LogP contribution in [0.5, 0.6) is 0 Å². The van der Waals surface area contributed by atoms with E-state index in [9.17, 15) is 9.90 Å². The fourth-order valence-electron chi connectivity index (χ4n) is 2.07. The second-order valence-corrected chi connectivity index (χ2v) is 5.40. The lowest BCUT2D eigenvalue weighted by Gasteiger charge is -2.13. The molecular formula is C16H20N2O2. The molecule has 4 heteroatoms. The molecule has 2 rings (SSSR count). The number of carbonyl (C=O) groups is 1. The Hall–Kier alpha value is -1.94. The molecule has 2 aromatic rings. The summed E-state index contributed by atoms with van der Waals surface area (Å²) < 4.78 is 0. The lowest BCUT2D eigenvalue weighted by atomic mass is 10.1. The highest BCUT2D eigenvalue weighted by Gasteiger charge is 2.15. The molecule has 0 aliphatic rings. The van der Waals surface area contributed by atoms with E-state index < -0.39 is 6.10 Å². The Bertz CT molecular complexity index is 596. The summed E-state index contributed by atoms with van der Waals surface area (Å²) >= 11 is 0. The first-order valence-electron chi connectivity index (χ1n) is 6.85. The van der Waals surface area contributed by atoms with E-state index in [0.29, 0.717) is 13.0 Å². The maximum atomic E-state index is 11.7. The molecule has 1 amide bonds. The first-order valence-corrected chi connectivity index (χ1v) is 6.85. The summed E-state index contributed by atoms with van der Waals surface area (Å²) in [4.78, 5) is 16.1. The number of para-hydroxylation sites is 1. The Kier molecular flexibility index (Phi) is 4.69. The molecule has 0 aliphatic heterocycles. The number of aliphatic hydroxyl groups excluding tert-OH is 1. The van der Waals surface area contributed by atoms with Crippen LogP contribution in [0.25, 0.3) is 10.9 Å². The molecule has 0 unspecified atom stereocenters. The monoisotopic (exact) mass is 272 g/mol. The van der Waals surface area contributed by atoms with Crippen molar-refractivity contribution in [3.63, 3.8) is 0 Å². The zero-order valence-corrected chi connectivity index (χ0v) is 11.8. The van der Waals surface area contributed by atoms with E-state index in [0.717, 1.165) is 16.5 Å². The van der Waals surface area contributed by atoms with E-state index in [1.165, 1.54) is 0 Å². The van der Waals surface area contributed by atoms with Crippen molar-refractivity contribution in [2.75, 3.05) is 0 Å². The summed E-state index contributed by atoms with van der Waals surface area (Å²) in [6, 6.07) is 9.83. The van der Waals surface area contributed by atoms with E-state index in [1.54, 1.807) is 6.20 Å². The van der Waals surface area contributed by atoms with Crippen LogP contribution in [0.1, 0.15) is 25.8 Å². The maximum Gasteiger partial charge on any atom is 0.249 e. The molecule has 2 N–H and O–H groups in total. The molecular weight excluding hydrogens is 252 g/mol. The molecule has 106 valence electrons. The zero-order chi connectivity index (χ0) is 14.5. The zero-order valence-electron chi connectivity index (χ0n) is 11.8. The summed E-state index contributed by atoms with van der Waals surface area (Å²) in [5.41, 5.74) is 1.86. The maximum absolute atomic E-state index is 11.7. The molecule has 20 heavy (non-hydrogen) atoms. The van der Waals surface area contributed by atoms with Crippen LogP contribution in [-0.4, -0.2) is 22.1 Å². The quantitative estimate of drug-likeness (QED) is 0.877. The van der Waals surface area contributed by atoms with Gasteiger partial charge in [0.2, 0.25) is 5.91 Å². The van der Waals surface area contributed by atoms with Crippen LogP contribution in [0.15, 0.2) is 36.5 Å². The third-order valence-electron chi connectivity index (χ3n) is 3.11. The highest BCUT2D eigenvalue weighted by molar-refractivity contribution is 5.81. The van der Waals surface area contributed by atoms with Crippen LogP contribution >= 0.6 is 0 Å². The van der Waals surface area contributed by atoms with Gasteiger partial charge in [0.25, 0.3) is 0 Å². The number of nitrogens with one attached hydrogen (secondary N) is 1. The molecule has 1 atom stereocenters. The summed E-state index contributed by atoms with van der Waals surface area (Å²) in [6.07, 6.45) is 1.28. The number of hydrogen-bond acceptors (Lipinski definition) is 3. The Morgan fingerprint density at radius 3 is 2.85 bits per heavy atom. The lowest BCUT2D eigenvalue weighted by Crippen LogP contribution is -2.34. The Labute approximate surface area is 118 Å². The number of aliphatic hydroxyl groups is 1. The molecule has 0 aliphatic carbocycles. The third-order valence-corrected chi connectivity index (χ3v) is 3.11. The van der Waals surface area contributed by atoms with Crippen LogP contribution < -0.4 is 5.32 Å².